The van der Waals surface area contributed by atoms with E-state index >= 15 is 0 Å². The molecule has 1 saturated heterocycles. The Bertz CT molecular complexity index is 345. The minimum absolute atomic E-state index is 0.323. The number of hydrogen-bond donors (Lipinski definition) is 0. The molecule has 74 valence electrons. The van der Waals surface area contributed by atoms with Gasteiger partial charge in [0.2, 0.25) is 0 Å². The number of aryl methyl sites for hydroxylation is 1. The van der Waals surface area contributed by atoms with Crippen LogP contribution in [0.15, 0.2) is 18.5 Å². The van der Waals surface area contributed by atoms with Gasteiger partial charge in [-0.2, -0.15) is 0 Å². The third kappa shape index (κ3) is 1.24. The van der Waals surface area contributed by atoms with Crippen molar-refractivity contribution in [3.8, 4) is 0 Å². The minimum atomic E-state index is -0.323. The van der Waals surface area contributed by atoms with Crippen molar-refractivity contribution in [2.75, 3.05) is 13.2 Å². The first-order valence-electron chi connectivity index (χ1n) is 5.08. The Balaban J connectivity index is 1.92. The standard InChI is InChI=1S/C11H13NO2/c1-3-11(13-5-6-14-11)7-10-8-12-4-2-9(1)10/h2,4,8H,1,3,5-7H2. The number of rotatable bonds is 0. The summed E-state index contributed by atoms with van der Waals surface area (Å²) >= 11 is 0. The van der Waals surface area contributed by atoms with E-state index in [4.69, 9.17) is 9.47 Å². The number of pyridine rings is 1. The predicted octanol–water partition coefficient (Wildman–Crippen LogP) is 1.31. The molecule has 1 fully saturated rings. The highest BCUT2D eigenvalue weighted by Crippen LogP contribution is 2.34. The van der Waals surface area contributed by atoms with Crippen LogP contribution in [0.2, 0.25) is 0 Å². The highest BCUT2D eigenvalue weighted by molar-refractivity contribution is 5.27. The second-order valence-corrected chi connectivity index (χ2v) is 3.93. The topological polar surface area (TPSA) is 31.4 Å². The summed E-state index contributed by atoms with van der Waals surface area (Å²) in [6.07, 6.45) is 6.66. The molecule has 2 heterocycles. The van der Waals surface area contributed by atoms with Crippen molar-refractivity contribution < 1.29 is 9.47 Å². The lowest BCUT2D eigenvalue weighted by Crippen LogP contribution is -2.36. The summed E-state index contributed by atoms with van der Waals surface area (Å²) in [6, 6.07) is 2.09. The SMILES string of the molecule is c1cc2c(cn1)CC1(CC2)OCCO1. The highest BCUT2D eigenvalue weighted by atomic mass is 16.7. The van der Waals surface area contributed by atoms with Gasteiger partial charge in [-0.1, -0.05) is 0 Å². The molecule has 14 heavy (non-hydrogen) atoms. The summed E-state index contributed by atoms with van der Waals surface area (Å²) in [7, 11) is 0. The number of nitrogens with zero attached hydrogens (tertiary/aromatic N) is 1. The van der Waals surface area contributed by atoms with E-state index < -0.39 is 0 Å². The Morgan fingerprint density at radius 2 is 2.07 bits per heavy atom. The third-order valence-electron chi connectivity index (χ3n) is 3.05. The van der Waals surface area contributed by atoms with Crippen LogP contribution in [0, 0.1) is 0 Å². The fourth-order valence-electron chi connectivity index (χ4n) is 2.31. The molecule has 3 heteroatoms. The number of hydrogen-bond acceptors (Lipinski definition) is 3. The lowest BCUT2D eigenvalue weighted by Gasteiger charge is -2.32. The van der Waals surface area contributed by atoms with Crippen LogP contribution in [0.1, 0.15) is 17.5 Å². The van der Waals surface area contributed by atoms with Crippen LogP contribution in [0.25, 0.3) is 0 Å². The van der Waals surface area contributed by atoms with Gasteiger partial charge in [0.15, 0.2) is 5.79 Å². The van der Waals surface area contributed by atoms with Gasteiger partial charge in [0, 0.05) is 25.2 Å². The minimum Gasteiger partial charge on any atom is -0.347 e. The summed E-state index contributed by atoms with van der Waals surface area (Å²) in [5.41, 5.74) is 2.67. The number of aromatic nitrogens is 1. The smallest absolute Gasteiger partial charge is 0.172 e. The summed E-state index contributed by atoms with van der Waals surface area (Å²) in [4.78, 5) is 4.14. The van der Waals surface area contributed by atoms with Crippen molar-refractivity contribution in [2.45, 2.75) is 25.0 Å². The normalized spacial score (nSPS) is 23.7. The van der Waals surface area contributed by atoms with Crippen LogP contribution in [0.3, 0.4) is 0 Å². The van der Waals surface area contributed by atoms with Crippen molar-refractivity contribution >= 4 is 0 Å². The van der Waals surface area contributed by atoms with Gasteiger partial charge in [-0.05, 0) is 23.6 Å². The zero-order valence-corrected chi connectivity index (χ0v) is 8.03. The van der Waals surface area contributed by atoms with Crippen LogP contribution in [0.5, 0.6) is 0 Å². The molecule has 0 saturated carbocycles. The van der Waals surface area contributed by atoms with Gasteiger partial charge in [0.1, 0.15) is 0 Å². The van der Waals surface area contributed by atoms with E-state index in [1.54, 1.807) is 0 Å². The van der Waals surface area contributed by atoms with Crippen molar-refractivity contribution in [2.24, 2.45) is 0 Å². The van der Waals surface area contributed by atoms with Crippen molar-refractivity contribution in [3.05, 3.63) is 29.6 Å². The van der Waals surface area contributed by atoms with E-state index in [1.165, 1.54) is 11.1 Å². The maximum Gasteiger partial charge on any atom is 0.172 e. The van der Waals surface area contributed by atoms with E-state index in [0.29, 0.717) is 0 Å². The average Bonchev–Trinajstić information content (AvgIpc) is 2.66. The molecule has 3 nitrogen and oxygen atoms in total. The molecule has 0 aromatic carbocycles. The first-order chi connectivity index (χ1) is 6.88. The number of ether oxygens (including phenoxy) is 2. The molecule has 0 amide bonds. The third-order valence-corrected chi connectivity index (χ3v) is 3.05. The molecule has 3 rings (SSSR count). The summed E-state index contributed by atoms with van der Waals surface area (Å²) in [6.45, 7) is 1.46. The Labute approximate surface area is 83.1 Å². The molecular weight excluding hydrogens is 178 g/mol. The Hall–Kier alpha value is -0.930. The zero-order valence-electron chi connectivity index (χ0n) is 8.03. The Morgan fingerprint density at radius 1 is 1.21 bits per heavy atom. The summed E-state index contributed by atoms with van der Waals surface area (Å²) < 4.78 is 11.4. The molecule has 1 spiro atoms. The van der Waals surface area contributed by atoms with Crippen LogP contribution in [-0.4, -0.2) is 24.0 Å². The maximum absolute atomic E-state index is 5.69. The fraction of sp³-hybridized carbons (Fsp3) is 0.545. The van der Waals surface area contributed by atoms with Gasteiger partial charge >= 0.3 is 0 Å². The van der Waals surface area contributed by atoms with Crippen LogP contribution < -0.4 is 0 Å². The molecule has 1 aliphatic carbocycles. The predicted molar refractivity (Wildman–Crippen MR) is 50.9 cm³/mol. The van der Waals surface area contributed by atoms with Crippen molar-refractivity contribution in [1.29, 1.82) is 0 Å². The molecule has 0 bridgehead atoms. The highest BCUT2D eigenvalue weighted by Gasteiger charge is 2.39. The first kappa shape index (κ1) is 8.38. The molecule has 0 radical (unpaired) electrons. The van der Waals surface area contributed by atoms with Crippen LogP contribution >= 0.6 is 0 Å². The molecule has 0 N–H and O–H groups in total. The Kier molecular flexibility index (Phi) is 1.82. The lowest BCUT2D eigenvalue weighted by atomic mass is 9.89. The molecular formula is C11H13NO2. The number of fused-ring (bicyclic) bond motifs is 1. The van der Waals surface area contributed by atoms with Gasteiger partial charge in [-0.15, -0.1) is 0 Å². The second kappa shape index (κ2) is 3.04. The molecule has 2 aliphatic rings. The van der Waals surface area contributed by atoms with E-state index in [9.17, 15) is 0 Å². The average molecular weight is 191 g/mol. The molecule has 0 unspecified atom stereocenters. The van der Waals surface area contributed by atoms with E-state index in [2.05, 4.69) is 11.1 Å². The van der Waals surface area contributed by atoms with Gasteiger partial charge in [-0.25, -0.2) is 0 Å². The lowest BCUT2D eigenvalue weighted by molar-refractivity contribution is -0.163. The fourth-order valence-corrected chi connectivity index (χ4v) is 2.31. The molecule has 1 aliphatic heterocycles. The monoisotopic (exact) mass is 191 g/mol. The van der Waals surface area contributed by atoms with Crippen LogP contribution in [-0.2, 0) is 22.3 Å². The molecule has 1 aromatic rings. The van der Waals surface area contributed by atoms with Gasteiger partial charge < -0.3 is 9.47 Å². The second-order valence-electron chi connectivity index (χ2n) is 3.93. The largest absolute Gasteiger partial charge is 0.347 e. The van der Waals surface area contributed by atoms with Gasteiger partial charge in [-0.3, -0.25) is 4.98 Å². The maximum atomic E-state index is 5.69. The molecule has 0 atom stereocenters. The van der Waals surface area contributed by atoms with E-state index in [-0.39, 0.29) is 5.79 Å². The zero-order chi connectivity index (χ0) is 9.43. The van der Waals surface area contributed by atoms with E-state index in [0.717, 1.165) is 32.5 Å². The van der Waals surface area contributed by atoms with Gasteiger partial charge in [0.05, 0.1) is 13.2 Å². The van der Waals surface area contributed by atoms with Gasteiger partial charge in [0.25, 0.3) is 0 Å². The summed E-state index contributed by atoms with van der Waals surface area (Å²) in [5, 5.41) is 0. The summed E-state index contributed by atoms with van der Waals surface area (Å²) in [5.74, 6) is -0.323. The van der Waals surface area contributed by atoms with Crippen molar-refractivity contribution in [1.82, 2.24) is 4.98 Å². The Morgan fingerprint density at radius 3 is 2.93 bits per heavy atom. The quantitative estimate of drug-likeness (QED) is 0.619. The first-order valence-corrected chi connectivity index (χ1v) is 5.08. The van der Waals surface area contributed by atoms with E-state index in [1.807, 2.05) is 12.4 Å². The van der Waals surface area contributed by atoms with Crippen molar-refractivity contribution in [3.63, 3.8) is 0 Å². The van der Waals surface area contributed by atoms with Crippen LogP contribution in [0.4, 0.5) is 0 Å². The molecule has 1 aromatic heterocycles.